The zero-order valence-electron chi connectivity index (χ0n) is 17.4. The van der Waals surface area contributed by atoms with Crippen LogP contribution in [0.15, 0.2) is 36.5 Å². The summed E-state index contributed by atoms with van der Waals surface area (Å²) in [6.07, 6.45) is 8.18. The molecular weight excluding hydrogens is 374 g/mol. The van der Waals surface area contributed by atoms with Crippen molar-refractivity contribution in [3.8, 4) is 28.3 Å². The van der Waals surface area contributed by atoms with E-state index < -0.39 is 0 Å². The van der Waals surface area contributed by atoms with E-state index in [9.17, 15) is 4.79 Å². The fraction of sp³-hybridized carbons (Fsp3) is 0.360. The standard InChI is InChI=1S/C25H25N3O2/c1-28-21-13-25(10-3-11-25)27-24(29)22(21)18-9-6-16-14-26-20(12-19(16)23(18)28)15-4-7-17(30-2)8-5-15/h4-5,7-8,12,14H,3,6,9-11,13H2,1-2H3,(H,27,29). The maximum absolute atomic E-state index is 13.1. The molecule has 1 aliphatic heterocycles. The summed E-state index contributed by atoms with van der Waals surface area (Å²) in [4.78, 5) is 17.8. The van der Waals surface area contributed by atoms with Crippen molar-refractivity contribution in [2.75, 3.05) is 7.11 Å². The molecule has 1 spiro atoms. The molecule has 1 aromatic carbocycles. The van der Waals surface area contributed by atoms with Crippen molar-refractivity contribution in [3.05, 3.63) is 58.9 Å². The maximum atomic E-state index is 13.1. The minimum atomic E-state index is -0.00583. The quantitative estimate of drug-likeness (QED) is 0.707. The molecule has 1 amide bonds. The topological polar surface area (TPSA) is 56.1 Å². The first-order valence-corrected chi connectivity index (χ1v) is 10.8. The summed E-state index contributed by atoms with van der Waals surface area (Å²) in [6.45, 7) is 0. The van der Waals surface area contributed by atoms with Crippen molar-refractivity contribution in [2.24, 2.45) is 7.05 Å². The Morgan fingerprint density at radius 3 is 2.67 bits per heavy atom. The highest BCUT2D eigenvalue weighted by Crippen LogP contribution is 2.45. The van der Waals surface area contributed by atoms with E-state index in [0.717, 1.165) is 54.7 Å². The van der Waals surface area contributed by atoms with Crippen LogP contribution in [-0.2, 0) is 26.3 Å². The number of pyridine rings is 1. The van der Waals surface area contributed by atoms with Gasteiger partial charge in [-0.2, -0.15) is 0 Å². The van der Waals surface area contributed by atoms with Crippen LogP contribution in [0.5, 0.6) is 5.75 Å². The van der Waals surface area contributed by atoms with Crippen molar-refractivity contribution in [1.82, 2.24) is 14.9 Å². The predicted molar refractivity (Wildman–Crippen MR) is 116 cm³/mol. The molecule has 152 valence electrons. The van der Waals surface area contributed by atoms with Gasteiger partial charge in [-0.25, -0.2) is 0 Å². The third-order valence-electron chi connectivity index (χ3n) is 7.31. The van der Waals surface area contributed by atoms with Crippen LogP contribution in [-0.4, -0.2) is 28.1 Å². The van der Waals surface area contributed by atoms with Crippen molar-refractivity contribution >= 4 is 5.91 Å². The molecule has 3 aliphatic rings. The second kappa shape index (κ2) is 6.21. The summed E-state index contributed by atoms with van der Waals surface area (Å²) in [5.74, 6) is 0.964. The van der Waals surface area contributed by atoms with E-state index in [1.165, 1.54) is 34.5 Å². The van der Waals surface area contributed by atoms with Gasteiger partial charge in [0.05, 0.1) is 24.1 Å². The van der Waals surface area contributed by atoms with Crippen LogP contribution in [0.1, 0.15) is 46.4 Å². The average molecular weight is 399 g/mol. The van der Waals surface area contributed by atoms with Crippen molar-refractivity contribution < 1.29 is 9.53 Å². The molecule has 1 N–H and O–H groups in total. The molecule has 1 fully saturated rings. The second-order valence-electron chi connectivity index (χ2n) is 8.93. The molecule has 0 radical (unpaired) electrons. The lowest BCUT2D eigenvalue weighted by Crippen LogP contribution is -2.58. The van der Waals surface area contributed by atoms with Gasteiger partial charge in [0.2, 0.25) is 0 Å². The average Bonchev–Trinajstić information content (AvgIpc) is 3.05. The number of aromatic nitrogens is 2. The van der Waals surface area contributed by atoms with Crippen molar-refractivity contribution in [3.63, 3.8) is 0 Å². The van der Waals surface area contributed by atoms with Gasteiger partial charge in [-0.3, -0.25) is 9.78 Å². The molecule has 3 heterocycles. The van der Waals surface area contributed by atoms with E-state index >= 15 is 0 Å². The first kappa shape index (κ1) is 17.8. The molecular formula is C25H25N3O2. The van der Waals surface area contributed by atoms with Crippen molar-refractivity contribution in [2.45, 2.75) is 44.1 Å². The fourth-order valence-electron chi connectivity index (χ4n) is 5.52. The highest BCUT2D eigenvalue weighted by atomic mass is 16.5. The summed E-state index contributed by atoms with van der Waals surface area (Å²) >= 11 is 0. The number of fused-ring (bicyclic) bond motifs is 5. The number of rotatable bonds is 2. The molecule has 2 aromatic heterocycles. The van der Waals surface area contributed by atoms with E-state index in [0.29, 0.717) is 0 Å². The Labute approximate surface area is 176 Å². The van der Waals surface area contributed by atoms with Crippen LogP contribution in [0, 0.1) is 0 Å². The van der Waals surface area contributed by atoms with Gasteiger partial charge >= 0.3 is 0 Å². The summed E-state index contributed by atoms with van der Waals surface area (Å²) in [5, 5.41) is 3.34. The third-order valence-corrected chi connectivity index (χ3v) is 7.31. The Balaban J connectivity index is 1.49. The zero-order valence-corrected chi connectivity index (χ0v) is 17.4. The van der Waals surface area contributed by atoms with Gasteiger partial charge in [0, 0.05) is 42.0 Å². The number of benzene rings is 1. The molecule has 30 heavy (non-hydrogen) atoms. The molecule has 3 aromatic rings. The molecule has 2 aliphatic carbocycles. The summed E-state index contributed by atoms with van der Waals surface area (Å²) in [5.41, 5.74) is 9.02. The molecule has 6 rings (SSSR count). The Bertz CT molecular complexity index is 1190. The zero-order chi connectivity index (χ0) is 20.5. The number of amides is 1. The first-order chi connectivity index (χ1) is 14.6. The van der Waals surface area contributed by atoms with Crippen LogP contribution in [0.4, 0.5) is 0 Å². The Morgan fingerprint density at radius 2 is 1.97 bits per heavy atom. The minimum absolute atomic E-state index is 0.00583. The number of carbonyl (C=O) groups is 1. The second-order valence-corrected chi connectivity index (χ2v) is 8.93. The van der Waals surface area contributed by atoms with Crippen LogP contribution >= 0.6 is 0 Å². The highest BCUT2D eigenvalue weighted by Gasteiger charge is 2.45. The number of aryl methyl sites for hydroxylation is 1. The van der Waals surface area contributed by atoms with Gasteiger partial charge in [-0.05, 0) is 73.6 Å². The van der Waals surface area contributed by atoms with Gasteiger partial charge in [0.15, 0.2) is 0 Å². The van der Waals surface area contributed by atoms with Gasteiger partial charge < -0.3 is 14.6 Å². The van der Waals surface area contributed by atoms with Gasteiger partial charge in [0.25, 0.3) is 5.91 Å². The Kier molecular flexibility index (Phi) is 3.67. The molecule has 5 heteroatoms. The minimum Gasteiger partial charge on any atom is -0.497 e. The lowest BCUT2D eigenvalue weighted by Gasteiger charge is -2.45. The van der Waals surface area contributed by atoms with Crippen LogP contribution < -0.4 is 10.1 Å². The van der Waals surface area contributed by atoms with E-state index in [1.54, 1.807) is 7.11 Å². The number of methoxy groups -OCH3 is 1. The highest BCUT2D eigenvalue weighted by molar-refractivity contribution is 6.01. The Hall–Kier alpha value is -3.08. The molecule has 0 saturated heterocycles. The summed E-state index contributed by atoms with van der Waals surface area (Å²) in [6, 6.07) is 10.2. The number of nitrogens with one attached hydrogen (secondary N) is 1. The van der Waals surface area contributed by atoms with Gasteiger partial charge in [0.1, 0.15) is 5.75 Å². The molecule has 0 bridgehead atoms. The van der Waals surface area contributed by atoms with E-state index in [1.807, 2.05) is 30.5 Å². The number of ether oxygens (including phenoxy) is 1. The van der Waals surface area contributed by atoms with Crippen LogP contribution in [0.3, 0.4) is 0 Å². The molecule has 0 unspecified atom stereocenters. The van der Waals surface area contributed by atoms with E-state index in [2.05, 4.69) is 23.0 Å². The largest absolute Gasteiger partial charge is 0.497 e. The first-order valence-electron chi connectivity index (χ1n) is 10.8. The number of hydrogen-bond donors (Lipinski definition) is 1. The van der Waals surface area contributed by atoms with Crippen LogP contribution in [0.2, 0.25) is 0 Å². The lowest BCUT2D eigenvalue weighted by atomic mass is 9.71. The maximum Gasteiger partial charge on any atom is 0.253 e. The molecule has 1 saturated carbocycles. The fourth-order valence-corrected chi connectivity index (χ4v) is 5.52. The number of carbonyl (C=O) groups excluding carboxylic acids is 1. The van der Waals surface area contributed by atoms with Crippen molar-refractivity contribution in [1.29, 1.82) is 0 Å². The monoisotopic (exact) mass is 399 g/mol. The van der Waals surface area contributed by atoms with Gasteiger partial charge in [-0.1, -0.05) is 0 Å². The SMILES string of the molecule is COc1ccc(-c2cc3c(cn2)CCc2c4c(n(C)c2-3)CC2(CCC2)NC4=O)cc1. The third kappa shape index (κ3) is 2.41. The molecule has 5 nitrogen and oxygen atoms in total. The lowest BCUT2D eigenvalue weighted by molar-refractivity contribution is 0.0790. The van der Waals surface area contributed by atoms with E-state index in [-0.39, 0.29) is 11.4 Å². The Morgan fingerprint density at radius 1 is 1.17 bits per heavy atom. The summed E-state index contributed by atoms with van der Waals surface area (Å²) < 4.78 is 7.57. The normalized spacial score (nSPS) is 18.1. The number of hydrogen-bond acceptors (Lipinski definition) is 3. The summed E-state index contributed by atoms with van der Waals surface area (Å²) in [7, 11) is 3.81. The van der Waals surface area contributed by atoms with Crippen LogP contribution in [0.25, 0.3) is 22.5 Å². The van der Waals surface area contributed by atoms with Gasteiger partial charge in [-0.15, -0.1) is 0 Å². The predicted octanol–water partition coefficient (Wildman–Crippen LogP) is 4.07. The smallest absolute Gasteiger partial charge is 0.253 e. The number of nitrogens with zero attached hydrogens (tertiary/aromatic N) is 2. The molecule has 0 atom stereocenters. The van der Waals surface area contributed by atoms with E-state index in [4.69, 9.17) is 9.72 Å².